The molecule has 0 amide bonds. The molecule has 0 atom stereocenters. The fraction of sp³-hybridized carbons (Fsp3) is 0.421. The van der Waals surface area contributed by atoms with Gasteiger partial charge in [-0.3, -0.25) is 0 Å². The third-order valence-corrected chi connectivity index (χ3v) is 8.56. The number of benzene rings is 2. The Balaban J connectivity index is 0.000000840. The fourth-order valence-corrected chi connectivity index (χ4v) is 5.51. The van der Waals surface area contributed by atoms with E-state index in [2.05, 4.69) is 154 Å². The van der Waals surface area contributed by atoms with Gasteiger partial charge in [-0.1, -0.05) is 158 Å². The molecule has 0 nitrogen and oxygen atoms in total. The van der Waals surface area contributed by atoms with E-state index in [1.807, 2.05) is 30.3 Å². The van der Waals surface area contributed by atoms with Gasteiger partial charge in [-0.25, -0.2) is 12.1 Å². The normalized spacial score (nSPS) is 12.4. The average molecular weight is 689 g/mol. The molecule has 0 N–H and O–H groups in total. The Labute approximate surface area is 269 Å². The second kappa shape index (κ2) is 12.7. The Kier molecular flexibility index (Phi) is 11.0. The number of halogens is 1. The third-order valence-electron chi connectivity index (χ3n) is 7.40. The van der Waals surface area contributed by atoms with Gasteiger partial charge in [-0.05, 0) is 36.4 Å². The average Bonchev–Trinajstić information content (AvgIpc) is 3.50. The molecule has 216 valence electrons. The predicted octanol–water partition coefficient (Wildman–Crippen LogP) is 11.9. The molecule has 0 aliphatic carbocycles. The maximum atomic E-state index is 2.57. The molecule has 0 heterocycles. The smallest absolute Gasteiger partial charge is 0.214 e. The summed E-state index contributed by atoms with van der Waals surface area (Å²) in [6.45, 7) is 27.7. The van der Waals surface area contributed by atoms with Crippen LogP contribution in [0.15, 0.2) is 78.9 Å². The van der Waals surface area contributed by atoms with E-state index in [4.69, 9.17) is 0 Å². The van der Waals surface area contributed by atoms with E-state index >= 15 is 0 Å². The zero-order chi connectivity index (χ0) is 29.4. The summed E-state index contributed by atoms with van der Waals surface area (Å²) in [4.78, 5) is 0. The Morgan fingerprint density at radius 3 is 1.27 bits per heavy atom. The minimum absolute atomic E-state index is 0. The van der Waals surface area contributed by atoms with Crippen LogP contribution in [0.3, 0.4) is 0 Å². The summed E-state index contributed by atoms with van der Waals surface area (Å²) in [7, 11) is 0. The van der Waals surface area contributed by atoms with Crippen LogP contribution in [-0.2, 0) is 38.7 Å². The van der Waals surface area contributed by atoms with Crippen molar-refractivity contribution in [2.75, 3.05) is 0 Å². The molecule has 40 heavy (non-hydrogen) atoms. The summed E-state index contributed by atoms with van der Waals surface area (Å²) in [6, 6.07) is 29.1. The van der Waals surface area contributed by atoms with Gasteiger partial charge in [0.2, 0.25) is 0 Å². The zero-order valence-corrected chi connectivity index (χ0v) is 30.0. The van der Waals surface area contributed by atoms with Gasteiger partial charge in [-0.15, -0.1) is 29.8 Å². The van der Waals surface area contributed by atoms with Gasteiger partial charge in [0.05, 0.1) is 0 Å². The van der Waals surface area contributed by atoms with Gasteiger partial charge in [0.15, 0.2) is 0 Å². The van der Waals surface area contributed by atoms with E-state index in [0.29, 0.717) is 0 Å². The van der Waals surface area contributed by atoms with E-state index in [1.165, 1.54) is 48.1 Å². The Hall–Kier alpha value is -1.61. The van der Waals surface area contributed by atoms with Crippen LogP contribution in [0.25, 0.3) is 22.3 Å². The quantitative estimate of drug-likeness (QED) is 0.112. The van der Waals surface area contributed by atoms with Gasteiger partial charge in [0, 0.05) is 0 Å². The van der Waals surface area contributed by atoms with Gasteiger partial charge >= 0.3 is 17.1 Å². The number of hydrogen-bond acceptors (Lipinski definition) is 0. The molecule has 4 aromatic rings. The van der Waals surface area contributed by atoms with Crippen molar-refractivity contribution in [2.45, 2.75) is 105 Å². The largest absolute Gasteiger partial charge is 2.00 e. The van der Waals surface area contributed by atoms with Crippen molar-refractivity contribution in [3.05, 3.63) is 105 Å². The van der Waals surface area contributed by atoms with Crippen molar-refractivity contribution >= 4 is 22.6 Å². The first kappa shape index (κ1) is 34.6. The molecule has 0 radical (unpaired) electrons. The topological polar surface area (TPSA) is 0 Å². The maximum absolute atomic E-state index is 2.57. The second-order valence-electron chi connectivity index (χ2n) is 15.0. The van der Waals surface area contributed by atoms with E-state index in [9.17, 15) is 0 Å². The summed E-state index contributed by atoms with van der Waals surface area (Å²) >= 11 is 2.57. The van der Waals surface area contributed by atoms with Gasteiger partial charge < -0.3 is 0 Å². The van der Waals surface area contributed by atoms with Gasteiger partial charge in [-0.2, -0.15) is 18.2 Å². The molecule has 0 unspecified atom stereocenters. The molecule has 4 aromatic carbocycles. The zero-order valence-electron chi connectivity index (χ0n) is 26.7. The summed E-state index contributed by atoms with van der Waals surface area (Å²) in [5.41, 5.74) is 11.4. The molecule has 0 aliphatic heterocycles. The van der Waals surface area contributed by atoms with Gasteiger partial charge in [0.1, 0.15) is 0 Å². The molecule has 4 rings (SSSR count). The summed E-state index contributed by atoms with van der Waals surface area (Å²) in [6.07, 6.45) is 0. The first-order valence-electron chi connectivity index (χ1n) is 14.2. The van der Waals surface area contributed by atoms with Crippen molar-refractivity contribution in [3.63, 3.8) is 0 Å². The Morgan fingerprint density at radius 2 is 0.950 bits per heavy atom. The minimum atomic E-state index is 0. The van der Waals surface area contributed by atoms with Crippen LogP contribution in [0.5, 0.6) is 0 Å². The molecule has 2 heteroatoms. The van der Waals surface area contributed by atoms with E-state index in [1.54, 1.807) is 0 Å². The predicted molar refractivity (Wildman–Crippen MR) is 182 cm³/mol. The fourth-order valence-electron chi connectivity index (χ4n) is 4.52. The van der Waals surface area contributed by atoms with E-state index in [0.717, 1.165) is 0 Å². The molecular weight excluding hydrogens is 639 g/mol. The molecule has 0 aliphatic rings. The summed E-state index contributed by atoms with van der Waals surface area (Å²) in [5.74, 6) is 0. The second-order valence-corrected chi connectivity index (χ2v) is 16.1. The molecule has 0 saturated heterocycles. The van der Waals surface area contributed by atoms with Crippen LogP contribution < -0.4 is 0 Å². The molecule has 0 fully saturated rings. The monoisotopic (exact) mass is 688 g/mol. The van der Waals surface area contributed by atoms with Crippen LogP contribution in [-0.4, -0.2) is 0 Å². The first-order valence-corrected chi connectivity index (χ1v) is 15.3. The molecule has 0 saturated carbocycles. The van der Waals surface area contributed by atoms with Crippen molar-refractivity contribution in [1.82, 2.24) is 0 Å². The minimum Gasteiger partial charge on any atom is -0.214 e. The van der Waals surface area contributed by atoms with Gasteiger partial charge in [0.25, 0.3) is 0 Å². The van der Waals surface area contributed by atoms with Crippen molar-refractivity contribution in [1.29, 1.82) is 0 Å². The molecular formula is C38H49FeI. The molecule has 0 aromatic heterocycles. The van der Waals surface area contributed by atoms with Crippen molar-refractivity contribution in [2.24, 2.45) is 0 Å². The van der Waals surface area contributed by atoms with E-state index in [-0.39, 0.29) is 38.7 Å². The van der Waals surface area contributed by atoms with E-state index < -0.39 is 0 Å². The van der Waals surface area contributed by atoms with Crippen molar-refractivity contribution < 1.29 is 17.1 Å². The van der Waals surface area contributed by atoms with Crippen LogP contribution in [0.2, 0.25) is 0 Å². The number of rotatable bonds is 2. The Morgan fingerprint density at radius 1 is 0.575 bits per heavy atom. The first-order chi connectivity index (χ1) is 17.8. The SMILES string of the molecule is CC(C)(C)c1cc(-c2cc[c-](-c3cc(C(C)(C)C)cc(C(C)(C)C)c3)c2I)cc(C(C)(C)C)c1.[Fe+2].c1cc[cH-]c1. The van der Waals surface area contributed by atoms with Crippen LogP contribution in [0.1, 0.15) is 105 Å². The number of hydrogen-bond donors (Lipinski definition) is 0. The maximum Gasteiger partial charge on any atom is 2.00 e. The standard InChI is InChI=1S/C33H44I.C5H5.Fe/c1-30(2,3)23-15-21(16-24(19-23)31(4,5)6)27-13-14-28(29(27)34)22-17-25(32(7,8)9)20-26(18-22)33(10,11)12;1-2-4-5-3-1;/h13-20H,1-12H3;1-5H;/q2*-1;+2. The molecule has 0 bridgehead atoms. The van der Waals surface area contributed by atoms with Crippen LogP contribution in [0.4, 0.5) is 0 Å². The Bertz CT molecular complexity index is 1200. The molecule has 0 spiro atoms. The van der Waals surface area contributed by atoms with Crippen molar-refractivity contribution in [3.8, 4) is 22.3 Å². The summed E-state index contributed by atoms with van der Waals surface area (Å²) in [5, 5.41) is 0. The van der Waals surface area contributed by atoms with Crippen LogP contribution >= 0.6 is 22.6 Å². The third kappa shape index (κ3) is 8.70. The van der Waals surface area contributed by atoms with Crippen LogP contribution in [0, 0.1) is 3.57 Å². The summed E-state index contributed by atoms with van der Waals surface area (Å²) < 4.78 is 1.34.